The zero-order chi connectivity index (χ0) is 20.1. The maximum atomic E-state index is 12.6. The summed E-state index contributed by atoms with van der Waals surface area (Å²) < 4.78 is 13.3. The van der Waals surface area contributed by atoms with Gasteiger partial charge in [0.25, 0.3) is 5.91 Å². The number of benzene rings is 1. The topological polar surface area (TPSA) is 90.3 Å². The van der Waals surface area contributed by atoms with Crippen LogP contribution in [0.25, 0.3) is 0 Å². The number of carbonyl (C=O) groups is 1. The number of rotatable bonds is 6. The number of halogens is 1. The maximum Gasteiger partial charge on any atom is 0.277 e. The van der Waals surface area contributed by atoms with Crippen LogP contribution < -0.4 is 15.4 Å². The van der Waals surface area contributed by atoms with Crippen LogP contribution in [-0.2, 0) is 4.74 Å². The van der Waals surface area contributed by atoms with Crippen molar-refractivity contribution in [2.75, 3.05) is 38.2 Å². The molecule has 2 aromatic rings. The Hall–Kier alpha value is -2.16. The monoisotopic (exact) mass is 435 g/mol. The van der Waals surface area contributed by atoms with Crippen molar-refractivity contribution in [3.05, 3.63) is 35.7 Å². The molecule has 3 heterocycles. The number of aryl methyl sites for hydroxylation is 1. The molecule has 2 fully saturated rings. The number of piperidine rings is 1. The van der Waals surface area contributed by atoms with Crippen molar-refractivity contribution in [3.63, 3.8) is 0 Å². The molecule has 0 spiro atoms. The molecule has 0 aliphatic carbocycles. The first-order valence-electron chi connectivity index (χ1n) is 10.4. The summed E-state index contributed by atoms with van der Waals surface area (Å²) in [5.41, 5.74) is 2.07. The predicted octanol–water partition coefficient (Wildman–Crippen LogP) is 2.99. The second-order valence-corrected chi connectivity index (χ2v) is 7.87. The number of nitrogens with one attached hydrogen (secondary N) is 2. The number of anilines is 1. The highest BCUT2D eigenvalue weighted by Crippen LogP contribution is 2.25. The van der Waals surface area contributed by atoms with Crippen LogP contribution in [0.1, 0.15) is 47.8 Å². The van der Waals surface area contributed by atoms with Gasteiger partial charge in [0.15, 0.2) is 5.69 Å². The highest BCUT2D eigenvalue weighted by molar-refractivity contribution is 6.02. The van der Waals surface area contributed by atoms with Crippen LogP contribution in [0, 0.1) is 12.8 Å². The number of hydrogen-bond acceptors (Lipinski definition) is 6. The van der Waals surface area contributed by atoms with E-state index in [0.717, 1.165) is 63.3 Å². The van der Waals surface area contributed by atoms with Crippen molar-refractivity contribution in [1.82, 2.24) is 20.3 Å². The van der Waals surface area contributed by atoms with Gasteiger partial charge >= 0.3 is 0 Å². The van der Waals surface area contributed by atoms with Gasteiger partial charge in [-0.25, -0.2) is 4.68 Å². The Morgan fingerprint density at radius 1 is 1.27 bits per heavy atom. The minimum Gasteiger partial charge on any atom is -0.493 e. The van der Waals surface area contributed by atoms with E-state index >= 15 is 0 Å². The van der Waals surface area contributed by atoms with Gasteiger partial charge < -0.3 is 20.1 Å². The third-order valence-corrected chi connectivity index (χ3v) is 5.69. The van der Waals surface area contributed by atoms with Crippen molar-refractivity contribution < 1.29 is 14.3 Å². The molecular weight excluding hydrogens is 406 g/mol. The smallest absolute Gasteiger partial charge is 0.277 e. The molecule has 0 saturated carbocycles. The molecule has 0 unspecified atom stereocenters. The summed E-state index contributed by atoms with van der Waals surface area (Å²) in [5.74, 6) is 1.06. The molecule has 1 amide bonds. The van der Waals surface area contributed by atoms with Crippen LogP contribution in [0.2, 0.25) is 0 Å². The Labute approximate surface area is 183 Å². The number of nitrogens with zero attached hydrogens (tertiary/aromatic N) is 3. The number of carbonyl (C=O) groups excluding carboxylic acids is 1. The first-order chi connectivity index (χ1) is 14.2. The molecule has 4 rings (SSSR count). The third-order valence-electron chi connectivity index (χ3n) is 5.69. The average molecular weight is 436 g/mol. The van der Waals surface area contributed by atoms with Gasteiger partial charge in [0.05, 0.1) is 18.8 Å². The molecule has 0 bridgehead atoms. The predicted molar refractivity (Wildman–Crippen MR) is 117 cm³/mol. The molecule has 2 saturated heterocycles. The summed E-state index contributed by atoms with van der Waals surface area (Å²) >= 11 is 0. The molecule has 2 N–H and O–H groups in total. The first-order valence-corrected chi connectivity index (χ1v) is 10.4. The second kappa shape index (κ2) is 10.7. The lowest BCUT2D eigenvalue weighted by molar-refractivity contribution is 0.0496. The Morgan fingerprint density at radius 3 is 2.80 bits per heavy atom. The Kier molecular flexibility index (Phi) is 8.07. The van der Waals surface area contributed by atoms with Gasteiger partial charge in [0.2, 0.25) is 0 Å². The Balaban J connectivity index is 0.00000256. The lowest BCUT2D eigenvalue weighted by Crippen LogP contribution is -2.29. The zero-order valence-electron chi connectivity index (χ0n) is 17.3. The lowest BCUT2D eigenvalue weighted by atomic mass is 10.0. The van der Waals surface area contributed by atoms with E-state index in [4.69, 9.17) is 9.47 Å². The summed E-state index contributed by atoms with van der Waals surface area (Å²) in [5, 5.41) is 14.5. The highest BCUT2D eigenvalue weighted by Gasteiger charge is 2.19. The van der Waals surface area contributed by atoms with Crippen molar-refractivity contribution in [1.29, 1.82) is 0 Å². The summed E-state index contributed by atoms with van der Waals surface area (Å²) in [6, 6.07) is 6.02. The third kappa shape index (κ3) is 5.71. The van der Waals surface area contributed by atoms with Gasteiger partial charge in [-0.15, -0.1) is 17.5 Å². The fourth-order valence-electron chi connectivity index (χ4n) is 3.78. The molecule has 0 radical (unpaired) electrons. The number of aromatic nitrogens is 3. The van der Waals surface area contributed by atoms with Crippen molar-refractivity contribution in [2.45, 2.75) is 38.6 Å². The van der Waals surface area contributed by atoms with Crippen LogP contribution in [-0.4, -0.2) is 53.8 Å². The highest BCUT2D eigenvalue weighted by atomic mass is 35.5. The van der Waals surface area contributed by atoms with Crippen LogP contribution in [0.4, 0.5) is 5.69 Å². The van der Waals surface area contributed by atoms with E-state index in [1.807, 2.05) is 29.8 Å². The van der Waals surface area contributed by atoms with E-state index in [1.54, 1.807) is 6.20 Å². The normalized spacial score (nSPS) is 17.9. The average Bonchev–Trinajstić information content (AvgIpc) is 3.26. The molecule has 1 aromatic heterocycles. The summed E-state index contributed by atoms with van der Waals surface area (Å²) in [6.07, 6.45) is 5.79. The van der Waals surface area contributed by atoms with E-state index in [0.29, 0.717) is 29.9 Å². The van der Waals surface area contributed by atoms with Crippen molar-refractivity contribution in [2.24, 2.45) is 5.92 Å². The van der Waals surface area contributed by atoms with E-state index in [2.05, 4.69) is 20.9 Å². The molecule has 0 atom stereocenters. The van der Waals surface area contributed by atoms with Gasteiger partial charge in [-0.1, -0.05) is 11.3 Å². The van der Waals surface area contributed by atoms with Crippen molar-refractivity contribution in [3.8, 4) is 5.75 Å². The fraction of sp³-hybridized carbons (Fsp3) is 0.571. The van der Waals surface area contributed by atoms with Crippen LogP contribution in [0.5, 0.6) is 5.75 Å². The molecule has 1 aromatic carbocycles. The van der Waals surface area contributed by atoms with Crippen LogP contribution in [0.3, 0.4) is 0 Å². The van der Waals surface area contributed by atoms with Gasteiger partial charge in [0.1, 0.15) is 5.75 Å². The molecule has 30 heavy (non-hydrogen) atoms. The van der Waals surface area contributed by atoms with E-state index in [9.17, 15) is 4.79 Å². The Morgan fingerprint density at radius 2 is 2.03 bits per heavy atom. The summed E-state index contributed by atoms with van der Waals surface area (Å²) in [6.45, 7) is 6.22. The standard InChI is InChI=1S/C21H29N5O3.ClH/c1-15-2-3-17(12-20(15)29-14-16-6-10-28-11-7-16)23-21(27)19-13-26(25-24-19)18-4-8-22-9-5-18;/h2-3,12-13,16,18,22H,4-11,14H2,1H3,(H,23,27);1H. The van der Waals surface area contributed by atoms with Crippen molar-refractivity contribution >= 4 is 24.0 Å². The molecule has 2 aliphatic heterocycles. The van der Waals surface area contributed by atoms with Gasteiger partial charge in [-0.2, -0.15) is 0 Å². The maximum absolute atomic E-state index is 12.6. The second-order valence-electron chi connectivity index (χ2n) is 7.87. The van der Waals surface area contributed by atoms with Gasteiger partial charge in [-0.05, 0) is 63.2 Å². The van der Waals surface area contributed by atoms with Gasteiger partial charge in [0, 0.05) is 25.0 Å². The first kappa shape index (κ1) is 22.5. The fourth-order valence-corrected chi connectivity index (χ4v) is 3.78. The molecular formula is C21H30ClN5O3. The Bertz CT molecular complexity index is 832. The quantitative estimate of drug-likeness (QED) is 0.724. The minimum atomic E-state index is -0.260. The van der Waals surface area contributed by atoms with E-state index < -0.39 is 0 Å². The van der Waals surface area contributed by atoms with E-state index in [1.165, 1.54) is 0 Å². The van der Waals surface area contributed by atoms with E-state index in [-0.39, 0.29) is 18.3 Å². The zero-order valence-corrected chi connectivity index (χ0v) is 18.1. The molecule has 8 nitrogen and oxygen atoms in total. The molecule has 2 aliphatic rings. The summed E-state index contributed by atoms with van der Waals surface area (Å²) in [7, 11) is 0. The molecule has 9 heteroatoms. The number of amides is 1. The van der Waals surface area contributed by atoms with Crippen LogP contribution in [0.15, 0.2) is 24.4 Å². The van der Waals surface area contributed by atoms with Gasteiger partial charge in [-0.3, -0.25) is 4.79 Å². The summed E-state index contributed by atoms with van der Waals surface area (Å²) in [4.78, 5) is 12.6. The lowest BCUT2D eigenvalue weighted by Gasteiger charge is -2.22. The SMILES string of the molecule is Cc1ccc(NC(=O)c2cn(C3CCNCC3)nn2)cc1OCC1CCOCC1.Cl. The number of ether oxygens (including phenoxy) is 2. The number of hydrogen-bond donors (Lipinski definition) is 2. The molecule has 164 valence electrons. The minimum absolute atomic E-state index is 0. The van der Waals surface area contributed by atoms with Crippen LogP contribution >= 0.6 is 12.4 Å². The largest absolute Gasteiger partial charge is 0.493 e.